The minimum Gasteiger partial charge on any atom is -0.352 e. The number of rotatable bonds is 5. The van der Waals surface area contributed by atoms with E-state index in [1.807, 2.05) is 25.1 Å². The summed E-state index contributed by atoms with van der Waals surface area (Å²) in [7, 11) is -2.96. The van der Waals surface area contributed by atoms with Crippen LogP contribution in [0, 0.1) is 30.1 Å². The molecule has 0 unspecified atom stereocenters. The van der Waals surface area contributed by atoms with Gasteiger partial charge in [0.1, 0.15) is 0 Å². The quantitative estimate of drug-likeness (QED) is 0.655. The molecule has 4 aliphatic carbocycles. The summed E-state index contributed by atoms with van der Waals surface area (Å²) in [4.78, 5) is 17.5. The monoisotopic (exact) mass is 487 g/mol. The molecule has 2 aliphatic heterocycles. The molecule has 2 atom stereocenters. The number of aryl methyl sites for hydroxylation is 1. The zero-order valence-electron chi connectivity index (χ0n) is 19.2. The second-order valence-corrected chi connectivity index (χ2v) is 14.7. The first kappa shape index (κ1) is 22.0. The Kier molecular flexibility index (Phi) is 5.33. The number of amides is 1. The van der Waals surface area contributed by atoms with Crippen molar-refractivity contribution < 1.29 is 13.2 Å². The number of fused-ring (bicyclic) bond motifs is 1. The minimum absolute atomic E-state index is 0.00821. The number of carbonyl (C=O) groups excluding carboxylic acids is 1. The summed E-state index contributed by atoms with van der Waals surface area (Å²) in [5.41, 5.74) is 3.02. The largest absolute Gasteiger partial charge is 0.352 e. The number of nitrogens with one attached hydrogen (secondary N) is 2. The fourth-order valence-electron chi connectivity index (χ4n) is 7.57. The lowest BCUT2D eigenvalue weighted by atomic mass is 9.49. The molecule has 178 valence electrons. The number of aliphatic imine (C=N–C) groups is 1. The van der Waals surface area contributed by atoms with Gasteiger partial charge < -0.3 is 10.6 Å². The van der Waals surface area contributed by atoms with Crippen LogP contribution in [0.1, 0.15) is 60.9 Å². The molecule has 4 bridgehead atoms. The van der Waals surface area contributed by atoms with Gasteiger partial charge in [0, 0.05) is 23.0 Å². The van der Waals surface area contributed by atoms with Crippen molar-refractivity contribution in [1.82, 2.24) is 5.32 Å². The highest BCUT2D eigenvalue weighted by Gasteiger charge is 2.50. The summed E-state index contributed by atoms with van der Waals surface area (Å²) < 4.78 is 23.6. The van der Waals surface area contributed by atoms with Crippen LogP contribution < -0.4 is 10.6 Å². The predicted molar refractivity (Wildman–Crippen MR) is 134 cm³/mol. The van der Waals surface area contributed by atoms with Gasteiger partial charge in [-0.25, -0.2) is 8.42 Å². The third-order valence-electron chi connectivity index (χ3n) is 8.67. The van der Waals surface area contributed by atoms with Crippen molar-refractivity contribution in [2.75, 3.05) is 23.4 Å². The molecule has 6 aliphatic rings. The van der Waals surface area contributed by atoms with Crippen molar-refractivity contribution in [3.05, 3.63) is 29.3 Å². The lowest BCUT2D eigenvalue weighted by Crippen LogP contribution is -2.47. The molecule has 4 saturated carbocycles. The molecular weight excluding hydrogens is 454 g/mol. The predicted octanol–water partition coefficient (Wildman–Crippen LogP) is 4.01. The van der Waals surface area contributed by atoms with Gasteiger partial charge in [-0.15, -0.1) is 0 Å². The maximum absolute atomic E-state index is 12.9. The average molecular weight is 488 g/mol. The topological polar surface area (TPSA) is 87.6 Å². The van der Waals surface area contributed by atoms with E-state index in [0.29, 0.717) is 11.0 Å². The number of carbonyl (C=O) groups is 1. The van der Waals surface area contributed by atoms with Crippen molar-refractivity contribution in [2.45, 2.75) is 63.2 Å². The van der Waals surface area contributed by atoms with Gasteiger partial charge >= 0.3 is 0 Å². The van der Waals surface area contributed by atoms with Crippen molar-refractivity contribution in [2.24, 2.45) is 28.2 Å². The van der Waals surface area contributed by atoms with Gasteiger partial charge in [-0.3, -0.25) is 9.79 Å². The zero-order chi connectivity index (χ0) is 22.8. The summed E-state index contributed by atoms with van der Waals surface area (Å²) in [6.45, 7) is 2.75. The van der Waals surface area contributed by atoms with Crippen LogP contribution in [0.25, 0.3) is 0 Å². The maximum atomic E-state index is 12.9. The molecule has 0 spiro atoms. The molecule has 1 aromatic carbocycles. The number of anilines is 1. The Morgan fingerprint density at radius 2 is 1.82 bits per heavy atom. The SMILES string of the molecule is Cc1ccc(C(=O)NCCC23CC4CC(CC(C4)C2)C3)cc1NC1=N[C@H]2CS(=O)(=O)C[C@H]2S1. The second kappa shape index (κ2) is 8.01. The van der Waals surface area contributed by atoms with Gasteiger partial charge in [0.15, 0.2) is 15.0 Å². The summed E-state index contributed by atoms with van der Waals surface area (Å²) >= 11 is 1.50. The molecular formula is C25H33N3O3S2. The van der Waals surface area contributed by atoms with Crippen LogP contribution in [0.15, 0.2) is 23.2 Å². The van der Waals surface area contributed by atoms with Gasteiger partial charge in [0.05, 0.1) is 17.5 Å². The third-order valence-corrected chi connectivity index (χ3v) is 11.8. The molecule has 7 rings (SSSR count). The van der Waals surface area contributed by atoms with Crippen LogP contribution in [0.2, 0.25) is 0 Å². The number of sulfone groups is 1. The van der Waals surface area contributed by atoms with Gasteiger partial charge in [0.25, 0.3) is 5.91 Å². The Morgan fingerprint density at radius 1 is 1.12 bits per heavy atom. The van der Waals surface area contributed by atoms with Crippen LogP contribution in [0.5, 0.6) is 0 Å². The Morgan fingerprint density at radius 3 is 2.48 bits per heavy atom. The van der Waals surface area contributed by atoms with Crippen molar-refractivity contribution in [3.63, 3.8) is 0 Å². The number of amidine groups is 1. The third kappa shape index (κ3) is 4.33. The highest BCUT2D eigenvalue weighted by Crippen LogP contribution is 2.61. The second-order valence-electron chi connectivity index (χ2n) is 11.3. The van der Waals surface area contributed by atoms with E-state index >= 15 is 0 Å². The fraction of sp³-hybridized carbons (Fsp3) is 0.680. The Balaban J connectivity index is 1.07. The van der Waals surface area contributed by atoms with E-state index in [2.05, 4.69) is 15.6 Å². The van der Waals surface area contributed by atoms with Crippen LogP contribution in [0.4, 0.5) is 5.69 Å². The molecule has 2 N–H and O–H groups in total. The average Bonchev–Trinajstić information content (AvgIpc) is 3.21. The van der Waals surface area contributed by atoms with Gasteiger partial charge in [-0.05, 0) is 92.7 Å². The molecule has 33 heavy (non-hydrogen) atoms. The van der Waals surface area contributed by atoms with Crippen LogP contribution >= 0.6 is 11.8 Å². The number of benzene rings is 1. The Labute approximate surface area is 200 Å². The molecule has 1 amide bonds. The van der Waals surface area contributed by atoms with E-state index < -0.39 is 9.84 Å². The van der Waals surface area contributed by atoms with Crippen LogP contribution in [-0.4, -0.2) is 48.8 Å². The zero-order valence-corrected chi connectivity index (χ0v) is 20.8. The summed E-state index contributed by atoms with van der Waals surface area (Å²) in [5.74, 6) is 3.13. The molecule has 5 fully saturated rings. The standard InChI is InChI=1S/C25H33N3O3S2/c1-15-2-3-19(9-20(15)27-24-28-21-13-33(30,31)14-22(21)32-24)23(29)26-5-4-25-10-16-6-17(11-25)8-18(7-16)12-25/h2-3,9,16-18,21-22H,4-8,10-14H2,1H3,(H,26,29)(H,27,28)/t16?,17?,18?,21-,22+,25?/m0/s1. The first-order valence-corrected chi connectivity index (χ1v) is 15.1. The van der Waals surface area contributed by atoms with Crippen molar-refractivity contribution in [3.8, 4) is 0 Å². The molecule has 1 saturated heterocycles. The van der Waals surface area contributed by atoms with Gasteiger partial charge in [-0.2, -0.15) is 0 Å². The lowest BCUT2D eigenvalue weighted by Gasteiger charge is -2.57. The number of thioether (sulfide) groups is 1. The number of nitrogens with zero attached hydrogens (tertiary/aromatic N) is 1. The van der Waals surface area contributed by atoms with Crippen molar-refractivity contribution >= 4 is 38.4 Å². The molecule has 0 aromatic heterocycles. The smallest absolute Gasteiger partial charge is 0.251 e. The molecule has 1 aromatic rings. The van der Waals surface area contributed by atoms with Crippen molar-refractivity contribution in [1.29, 1.82) is 0 Å². The first-order chi connectivity index (χ1) is 15.8. The van der Waals surface area contributed by atoms with E-state index in [0.717, 1.165) is 47.1 Å². The van der Waals surface area contributed by atoms with E-state index in [4.69, 9.17) is 0 Å². The minimum atomic E-state index is -2.96. The number of hydrogen-bond donors (Lipinski definition) is 2. The highest BCUT2D eigenvalue weighted by molar-refractivity contribution is 8.15. The van der Waals surface area contributed by atoms with Crippen LogP contribution in [-0.2, 0) is 9.84 Å². The summed E-state index contributed by atoms with van der Waals surface area (Å²) in [6, 6.07) is 5.58. The fourth-order valence-corrected chi connectivity index (χ4v) is 11.2. The van der Waals surface area contributed by atoms with E-state index in [1.54, 1.807) is 0 Å². The number of hydrogen-bond acceptors (Lipinski definition) is 6. The Bertz CT molecular complexity index is 1080. The molecule has 6 nitrogen and oxygen atoms in total. The van der Waals surface area contributed by atoms with E-state index in [-0.39, 0.29) is 28.7 Å². The van der Waals surface area contributed by atoms with E-state index in [9.17, 15) is 13.2 Å². The summed E-state index contributed by atoms with van der Waals surface area (Å²) in [5, 5.41) is 7.29. The molecule has 2 heterocycles. The van der Waals surface area contributed by atoms with Crippen LogP contribution in [0.3, 0.4) is 0 Å². The molecule has 0 radical (unpaired) electrons. The first-order valence-electron chi connectivity index (χ1n) is 12.4. The van der Waals surface area contributed by atoms with E-state index in [1.165, 1.54) is 50.3 Å². The highest BCUT2D eigenvalue weighted by atomic mass is 32.2. The van der Waals surface area contributed by atoms with Gasteiger partial charge in [0.2, 0.25) is 0 Å². The van der Waals surface area contributed by atoms with Gasteiger partial charge in [-0.1, -0.05) is 17.8 Å². The normalized spacial score (nSPS) is 37.6. The lowest BCUT2D eigenvalue weighted by molar-refractivity contribution is -0.0564. The Hall–Kier alpha value is -1.54. The molecule has 8 heteroatoms. The summed E-state index contributed by atoms with van der Waals surface area (Å²) in [6.07, 6.45) is 9.57. The maximum Gasteiger partial charge on any atom is 0.251 e.